The quantitative estimate of drug-likeness (QED) is 0.178. The largest absolute Gasteiger partial charge is 0.478 e. The highest BCUT2D eigenvalue weighted by molar-refractivity contribution is 5.79. The third-order valence-corrected chi connectivity index (χ3v) is 4.98. The van der Waals surface area contributed by atoms with Gasteiger partial charge in [-0.05, 0) is 12.8 Å². The molecule has 1 N–H and O–H groups in total. The minimum atomic E-state index is -0.831. The Morgan fingerprint density at radius 3 is 1.24 bits per heavy atom. The summed E-state index contributed by atoms with van der Waals surface area (Å²) < 4.78 is 0. The van der Waals surface area contributed by atoms with Gasteiger partial charge >= 0.3 is 5.97 Å². The maximum absolute atomic E-state index is 10.3. The number of unbranched alkanes of at least 4 members (excludes halogenated alkanes) is 18. The predicted molar refractivity (Wildman–Crippen MR) is 110 cm³/mol. The Kier molecular flexibility index (Phi) is 20.6. The lowest BCUT2D eigenvalue weighted by Crippen LogP contribution is -1.86. The first-order chi connectivity index (χ1) is 12.3. The molecule has 0 aromatic carbocycles. The van der Waals surface area contributed by atoms with Crippen LogP contribution in [0.3, 0.4) is 0 Å². The van der Waals surface area contributed by atoms with E-state index in [0.717, 1.165) is 12.8 Å². The molecule has 2 heteroatoms. The van der Waals surface area contributed by atoms with Crippen LogP contribution in [0.2, 0.25) is 0 Å². The Labute approximate surface area is 157 Å². The second-order valence-corrected chi connectivity index (χ2v) is 7.54. The molecule has 0 aliphatic rings. The standard InChI is InChI=1S/C23H44O2/c1-2-3-4-5-6-7-8-9-10-11-12-13-14-15-16-17-18-19-20-21-22-23(24)25/h21-22H,2-20H2,1H3,(H,24,25). The summed E-state index contributed by atoms with van der Waals surface area (Å²) in [6.07, 6.45) is 28.9. The highest BCUT2D eigenvalue weighted by Gasteiger charge is 1.95. The number of aliphatic carboxylic acids is 1. The number of allylic oxidation sites excluding steroid dienone is 1. The van der Waals surface area contributed by atoms with E-state index in [2.05, 4.69) is 6.92 Å². The fraction of sp³-hybridized carbons (Fsp3) is 0.870. The first-order valence-corrected chi connectivity index (χ1v) is 11.2. The van der Waals surface area contributed by atoms with E-state index in [9.17, 15) is 4.79 Å². The molecule has 0 aromatic rings. The zero-order valence-electron chi connectivity index (χ0n) is 16.9. The number of carboxylic acids is 1. The molecule has 0 aliphatic heterocycles. The predicted octanol–water partition coefficient (Wildman–Crippen LogP) is 8.06. The van der Waals surface area contributed by atoms with Crippen LogP contribution in [0.5, 0.6) is 0 Å². The third-order valence-electron chi connectivity index (χ3n) is 4.98. The fourth-order valence-electron chi connectivity index (χ4n) is 3.35. The van der Waals surface area contributed by atoms with E-state index in [4.69, 9.17) is 5.11 Å². The Bertz CT molecular complexity index is 296. The molecule has 148 valence electrons. The van der Waals surface area contributed by atoms with Crippen LogP contribution in [0, 0.1) is 0 Å². The van der Waals surface area contributed by atoms with E-state index in [1.165, 1.54) is 115 Å². The van der Waals surface area contributed by atoms with Crippen molar-refractivity contribution < 1.29 is 9.90 Å². The summed E-state index contributed by atoms with van der Waals surface area (Å²) in [6, 6.07) is 0. The lowest BCUT2D eigenvalue weighted by molar-refractivity contribution is -0.131. The van der Waals surface area contributed by atoms with Gasteiger partial charge in [0.2, 0.25) is 0 Å². The van der Waals surface area contributed by atoms with Gasteiger partial charge in [0.25, 0.3) is 0 Å². The highest BCUT2D eigenvalue weighted by Crippen LogP contribution is 2.14. The van der Waals surface area contributed by atoms with Crippen molar-refractivity contribution in [3.05, 3.63) is 12.2 Å². The molecule has 0 rings (SSSR count). The van der Waals surface area contributed by atoms with Gasteiger partial charge in [0.05, 0.1) is 0 Å². The molecule has 0 fully saturated rings. The average molecular weight is 353 g/mol. The molecule has 0 amide bonds. The van der Waals surface area contributed by atoms with Crippen molar-refractivity contribution in [2.75, 3.05) is 0 Å². The Balaban J connectivity index is 3.01. The molecule has 2 nitrogen and oxygen atoms in total. The van der Waals surface area contributed by atoms with Crippen LogP contribution >= 0.6 is 0 Å². The summed E-state index contributed by atoms with van der Waals surface area (Å²) in [4.78, 5) is 10.3. The van der Waals surface area contributed by atoms with Gasteiger partial charge in [-0.1, -0.05) is 122 Å². The Morgan fingerprint density at radius 2 is 0.920 bits per heavy atom. The summed E-state index contributed by atoms with van der Waals surface area (Å²) >= 11 is 0. The van der Waals surface area contributed by atoms with Gasteiger partial charge < -0.3 is 5.11 Å². The third kappa shape index (κ3) is 23.2. The molecule has 0 radical (unpaired) electrons. The normalized spacial score (nSPS) is 11.4. The summed E-state index contributed by atoms with van der Waals surface area (Å²) in [5.74, 6) is -0.831. The average Bonchev–Trinajstić information content (AvgIpc) is 2.60. The van der Waals surface area contributed by atoms with Gasteiger partial charge in [-0.25, -0.2) is 4.79 Å². The van der Waals surface area contributed by atoms with E-state index < -0.39 is 5.97 Å². The monoisotopic (exact) mass is 352 g/mol. The zero-order valence-corrected chi connectivity index (χ0v) is 16.9. The van der Waals surface area contributed by atoms with Crippen molar-refractivity contribution in [2.24, 2.45) is 0 Å². The van der Waals surface area contributed by atoms with Crippen molar-refractivity contribution in [3.8, 4) is 0 Å². The smallest absolute Gasteiger partial charge is 0.327 e. The number of carbonyl (C=O) groups is 1. The summed E-state index contributed by atoms with van der Waals surface area (Å²) in [5, 5.41) is 8.48. The second kappa shape index (κ2) is 21.3. The van der Waals surface area contributed by atoms with E-state index in [1.54, 1.807) is 6.08 Å². The number of rotatable bonds is 20. The molecule has 0 saturated heterocycles. The second-order valence-electron chi connectivity index (χ2n) is 7.54. The molecule has 0 spiro atoms. The van der Waals surface area contributed by atoms with Crippen LogP contribution in [0.15, 0.2) is 12.2 Å². The number of carboxylic acid groups (broad SMARTS) is 1. The molecule has 0 aromatic heterocycles. The van der Waals surface area contributed by atoms with Crippen LogP contribution < -0.4 is 0 Å². The maximum Gasteiger partial charge on any atom is 0.327 e. The molecular weight excluding hydrogens is 308 g/mol. The van der Waals surface area contributed by atoms with Gasteiger partial charge in [0, 0.05) is 6.08 Å². The number of hydrogen-bond donors (Lipinski definition) is 1. The van der Waals surface area contributed by atoms with E-state index in [-0.39, 0.29) is 0 Å². The van der Waals surface area contributed by atoms with Gasteiger partial charge in [-0.3, -0.25) is 0 Å². The topological polar surface area (TPSA) is 37.3 Å². The van der Waals surface area contributed by atoms with Gasteiger partial charge in [-0.2, -0.15) is 0 Å². The molecule has 0 saturated carbocycles. The maximum atomic E-state index is 10.3. The summed E-state index contributed by atoms with van der Waals surface area (Å²) in [5.41, 5.74) is 0. The van der Waals surface area contributed by atoms with Gasteiger partial charge in [0.1, 0.15) is 0 Å². The molecule has 0 unspecified atom stereocenters. The molecule has 0 aliphatic carbocycles. The first-order valence-electron chi connectivity index (χ1n) is 11.2. The van der Waals surface area contributed by atoms with Crippen LogP contribution in [-0.4, -0.2) is 11.1 Å². The lowest BCUT2D eigenvalue weighted by Gasteiger charge is -2.03. The van der Waals surface area contributed by atoms with Crippen LogP contribution in [-0.2, 0) is 4.79 Å². The fourth-order valence-corrected chi connectivity index (χ4v) is 3.35. The van der Waals surface area contributed by atoms with Crippen molar-refractivity contribution >= 4 is 5.97 Å². The molecule has 0 heterocycles. The molecule has 25 heavy (non-hydrogen) atoms. The molecular formula is C23H44O2. The van der Waals surface area contributed by atoms with E-state index >= 15 is 0 Å². The minimum absolute atomic E-state index is 0.831. The highest BCUT2D eigenvalue weighted by atomic mass is 16.4. The first kappa shape index (κ1) is 24.2. The molecule has 0 bridgehead atoms. The summed E-state index contributed by atoms with van der Waals surface area (Å²) in [7, 11) is 0. The van der Waals surface area contributed by atoms with Crippen molar-refractivity contribution in [1.82, 2.24) is 0 Å². The minimum Gasteiger partial charge on any atom is -0.478 e. The molecule has 0 atom stereocenters. The Hall–Kier alpha value is -0.790. The Morgan fingerprint density at radius 1 is 0.600 bits per heavy atom. The van der Waals surface area contributed by atoms with Crippen molar-refractivity contribution in [2.45, 2.75) is 129 Å². The van der Waals surface area contributed by atoms with E-state index in [0.29, 0.717) is 0 Å². The van der Waals surface area contributed by atoms with E-state index in [1.807, 2.05) is 0 Å². The van der Waals surface area contributed by atoms with Crippen LogP contribution in [0.1, 0.15) is 129 Å². The SMILES string of the molecule is CCCCCCCCCCCCCCCCCCCCC=CC(=O)O. The van der Waals surface area contributed by atoms with Crippen LogP contribution in [0.25, 0.3) is 0 Å². The lowest BCUT2D eigenvalue weighted by atomic mass is 10.0. The van der Waals surface area contributed by atoms with Gasteiger partial charge in [-0.15, -0.1) is 0 Å². The zero-order chi connectivity index (χ0) is 18.4. The van der Waals surface area contributed by atoms with Crippen molar-refractivity contribution in [1.29, 1.82) is 0 Å². The van der Waals surface area contributed by atoms with Crippen LogP contribution in [0.4, 0.5) is 0 Å². The van der Waals surface area contributed by atoms with Crippen molar-refractivity contribution in [3.63, 3.8) is 0 Å². The van der Waals surface area contributed by atoms with Gasteiger partial charge in [0.15, 0.2) is 0 Å². The number of hydrogen-bond acceptors (Lipinski definition) is 1. The summed E-state index contributed by atoms with van der Waals surface area (Å²) in [6.45, 7) is 2.28.